The summed E-state index contributed by atoms with van der Waals surface area (Å²) in [7, 11) is 0. The second kappa shape index (κ2) is 4.72. The van der Waals surface area contributed by atoms with Crippen molar-refractivity contribution in [3.8, 4) is 11.4 Å². The number of rotatable bonds is 2. The standard InChI is InChI=1S/C14H18N4/c1-8(2)12-10(4)17-14(18-13(12)15)11-5-6-16-7-9(11)3/h5-8H,1-4H3,(H2,15,17,18). The monoisotopic (exact) mass is 242 g/mol. The van der Waals surface area contributed by atoms with Gasteiger partial charge in [0.2, 0.25) is 0 Å². The van der Waals surface area contributed by atoms with Crippen molar-refractivity contribution in [3.63, 3.8) is 0 Å². The molecule has 0 atom stereocenters. The van der Waals surface area contributed by atoms with Gasteiger partial charge in [0.05, 0.1) is 0 Å². The minimum Gasteiger partial charge on any atom is -0.383 e. The molecule has 0 aliphatic rings. The van der Waals surface area contributed by atoms with Gasteiger partial charge in [0.25, 0.3) is 0 Å². The van der Waals surface area contributed by atoms with Crippen LogP contribution in [0.2, 0.25) is 0 Å². The molecule has 0 spiro atoms. The Balaban J connectivity index is 2.59. The van der Waals surface area contributed by atoms with E-state index < -0.39 is 0 Å². The predicted octanol–water partition coefficient (Wildman–Crippen LogP) is 2.86. The van der Waals surface area contributed by atoms with E-state index in [1.165, 1.54) is 0 Å². The molecule has 94 valence electrons. The van der Waals surface area contributed by atoms with Gasteiger partial charge in [0.1, 0.15) is 5.82 Å². The van der Waals surface area contributed by atoms with Crippen molar-refractivity contribution in [2.75, 3.05) is 5.73 Å². The number of hydrogen-bond acceptors (Lipinski definition) is 4. The molecule has 0 fully saturated rings. The molecule has 2 N–H and O–H groups in total. The van der Waals surface area contributed by atoms with E-state index in [4.69, 9.17) is 5.73 Å². The second-order valence-corrected chi connectivity index (χ2v) is 4.78. The van der Waals surface area contributed by atoms with Crippen LogP contribution in [-0.4, -0.2) is 15.0 Å². The van der Waals surface area contributed by atoms with Gasteiger partial charge in [-0.2, -0.15) is 0 Å². The van der Waals surface area contributed by atoms with Crippen LogP contribution in [-0.2, 0) is 0 Å². The van der Waals surface area contributed by atoms with Crippen molar-refractivity contribution in [3.05, 3.63) is 35.3 Å². The lowest BCUT2D eigenvalue weighted by molar-refractivity contribution is 0.836. The van der Waals surface area contributed by atoms with Crippen LogP contribution in [0.15, 0.2) is 18.5 Å². The van der Waals surface area contributed by atoms with Crippen LogP contribution >= 0.6 is 0 Å². The molecular weight excluding hydrogens is 224 g/mol. The first kappa shape index (κ1) is 12.5. The van der Waals surface area contributed by atoms with E-state index in [1.807, 2.05) is 19.9 Å². The van der Waals surface area contributed by atoms with Crippen LogP contribution in [0.4, 0.5) is 5.82 Å². The molecule has 2 rings (SSSR count). The number of anilines is 1. The number of nitrogens with two attached hydrogens (primary N) is 1. The van der Waals surface area contributed by atoms with Gasteiger partial charge < -0.3 is 5.73 Å². The summed E-state index contributed by atoms with van der Waals surface area (Å²) in [5.41, 5.74) is 10.1. The van der Waals surface area contributed by atoms with Gasteiger partial charge in [-0.25, -0.2) is 9.97 Å². The maximum Gasteiger partial charge on any atom is 0.162 e. The predicted molar refractivity (Wildman–Crippen MR) is 73.2 cm³/mol. The summed E-state index contributed by atoms with van der Waals surface area (Å²) in [5.74, 6) is 1.58. The average molecular weight is 242 g/mol. The number of hydrogen-bond donors (Lipinski definition) is 1. The molecule has 18 heavy (non-hydrogen) atoms. The van der Waals surface area contributed by atoms with E-state index >= 15 is 0 Å². The van der Waals surface area contributed by atoms with Gasteiger partial charge >= 0.3 is 0 Å². The SMILES string of the molecule is Cc1cnccc1-c1nc(C)c(C(C)C)c(N)n1. The molecular formula is C14H18N4. The lowest BCUT2D eigenvalue weighted by atomic mass is 10.0. The topological polar surface area (TPSA) is 64.7 Å². The molecule has 2 aromatic rings. The van der Waals surface area contributed by atoms with Crippen LogP contribution in [0.3, 0.4) is 0 Å². The fourth-order valence-electron chi connectivity index (χ4n) is 2.16. The molecule has 0 amide bonds. The highest BCUT2D eigenvalue weighted by Gasteiger charge is 2.14. The maximum absolute atomic E-state index is 6.04. The molecule has 4 heteroatoms. The minimum atomic E-state index is 0.331. The Hall–Kier alpha value is -1.97. The molecule has 0 radical (unpaired) electrons. The van der Waals surface area contributed by atoms with Crippen molar-refractivity contribution >= 4 is 5.82 Å². The van der Waals surface area contributed by atoms with Crippen LogP contribution in [0.1, 0.15) is 36.6 Å². The highest BCUT2D eigenvalue weighted by atomic mass is 15.0. The van der Waals surface area contributed by atoms with E-state index in [2.05, 4.69) is 28.8 Å². The zero-order chi connectivity index (χ0) is 13.3. The first-order valence-corrected chi connectivity index (χ1v) is 6.05. The fourth-order valence-corrected chi connectivity index (χ4v) is 2.16. The summed E-state index contributed by atoms with van der Waals surface area (Å²) in [6, 6.07) is 1.92. The van der Waals surface area contributed by atoms with Crippen LogP contribution in [0.25, 0.3) is 11.4 Å². The van der Waals surface area contributed by atoms with Crippen molar-refractivity contribution in [1.29, 1.82) is 0 Å². The molecule has 0 unspecified atom stereocenters. The highest BCUT2D eigenvalue weighted by Crippen LogP contribution is 2.27. The molecule has 0 aromatic carbocycles. The molecule has 2 aromatic heterocycles. The fraction of sp³-hybridized carbons (Fsp3) is 0.357. The molecule has 0 bridgehead atoms. The first-order chi connectivity index (χ1) is 8.50. The van der Waals surface area contributed by atoms with Gasteiger partial charge in [0, 0.05) is 29.2 Å². The van der Waals surface area contributed by atoms with E-state index in [0.717, 1.165) is 22.4 Å². The summed E-state index contributed by atoms with van der Waals surface area (Å²) in [4.78, 5) is 13.1. The van der Waals surface area contributed by atoms with E-state index in [1.54, 1.807) is 12.4 Å². The third kappa shape index (κ3) is 2.18. The van der Waals surface area contributed by atoms with E-state index in [9.17, 15) is 0 Å². The largest absolute Gasteiger partial charge is 0.383 e. The zero-order valence-corrected chi connectivity index (χ0v) is 11.2. The van der Waals surface area contributed by atoms with Gasteiger partial charge in [-0.05, 0) is 31.4 Å². The van der Waals surface area contributed by atoms with Crippen LogP contribution in [0.5, 0.6) is 0 Å². The summed E-state index contributed by atoms with van der Waals surface area (Å²) in [5, 5.41) is 0. The Bertz CT molecular complexity index is 553. The van der Waals surface area contributed by atoms with Crippen molar-refractivity contribution in [2.45, 2.75) is 33.6 Å². The Morgan fingerprint density at radius 2 is 1.89 bits per heavy atom. The Morgan fingerprint density at radius 3 is 2.44 bits per heavy atom. The van der Waals surface area contributed by atoms with Gasteiger partial charge in [0.15, 0.2) is 5.82 Å². The van der Waals surface area contributed by atoms with Crippen molar-refractivity contribution < 1.29 is 0 Å². The average Bonchev–Trinajstić information content (AvgIpc) is 2.27. The number of aryl methyl sites for hydroxylation is 2. The van der Waals surface area contributed by atoms with Crippen molar-refractivity contribution in [2.24, 2.45) is 0 Å². The molecule has 2 heterocycles. The van der Waals surface area contributed by atoms with Gasteiger partial charge in [-0.15, -0.1) is 0 Å². The third-order valence-corrected chi connectivity index (χ3v) is 3.00. The molecule has 0 saturated carbocycles. The van der Waals surface area contributed by atoms with E-state index in [-0.39, 0.29) is 0 Å². The summed E-state index contributed by atoms with van der Waals surface area (Å²) in [6.07, 6.45) is 3.55. The Labute approximate surface area is 107 Å². The number of pyridine rings is 1. The maximum atomic E-state index is 6.04. The molecule has 4 nitrogen and oxygen atoms in total. The number of aromatic nitrogens is 3. The Morgan fingerprint density at radius 1 is 1.17 bits per heavy atom. The summed E-state index contributed by atoms with van der Waals surface area (Å²) < 4.78 is 0. The number of nitrogen functional groups attached to an aromatic ring is 1. The minimum absolute atomic E-state index is 0.331. The normalized spacial score (nSPS) is 10.9. The Kier molecular flexibility index (Phi) is 3.28. The quantitative estimate of drug-likeness (QED) is 0.879. The van der Waals surface area contributed by atoms with Gasteiger partial charge in [-0.3, -0.25) is 4.98 Å². The number of nitrogens with zero attached hydrogens (tertiary/aromatic N) is 3. The molecule has 0 saturated heterocycles. The highest BCUT2D eigenvalue weighted by molar-refractivity contribution is 5.62. The smallest absolute Gasteiger partial charge is 0.162 e. The molecule has 0 aliphatic heterocycles. The second-order valence-electron chi connectivity index (χ2n) is 4.78. The lowest BCUT2D eigenvalue weighted by Gasteiger charge is -2.13. The third-order valence-electron chi connectivity index (χ3n) is 3.00. The van der Waals surface area contributed by atoms with Crippen LogP contribution < -0.4 is 5.73 Å². The van der Waals surface area contributed by atoms with Gasteiger partial charge in [-0.1, -0.05) is 13.8 Å². The van der Waals surface area contributed by atoms with Crippen LogP contribution in [0, 0.1) is 13.8 Å². The summed E-state index contributed by atoms with van der Waals surface area (Å²) in [6.45, 7) is 8.17. The lowest BCUT2D eigenvalue weighted by Crippen LogP contribution is -2.07. The zero-order valence-electron chi connectivity index (χ0n) is 11.2. The van der Waals surface area contributed by atoms with E-state index in [0.29, 0.717) is 17.6 Å². The first-order valence-electron chi connectivity index (χ1n) is 6.05. The molecule has 0 aliphatic carbocycles. The summed E-state index contributed by atoms with van der Waals surface area (Å²) >= 11 is 0. The van der Waals surface area contributed by atoms with Crippen molar-refractivity contribution in [1.82, 2.24) is 15.0 Å².